The largest absolute Gasteiger partial charge is 0.534 e. The number of hydrogen-bond acceptors (Lipinski definition) is 6. The molecule has 0 bridgehead atoms. The number of pyridine rings is 1. The third kappa shape index (κ3) is 3.83. The number of allylic oxidation sites excluding steroid dienone is 1. The lowest BCUT2D eigenvalue weighted by Crippen LogP contribution is -2.28. The van der Waals surface area contributed by atoms with Crippen molar-refractivity contribution in [3.63, 3.8) is 0 Å². The van der Waals surface area contributed by atoms with Crippen LogP contribution in [0.15, 0.2) is 43.4 Å². The lowest BCUT2D eigenvalue weighted by atomic mass is 10.2. The molecule has 0 fully saturated rings. The Morgan fingerprint density at radius 1 is 1.30 bits per heavy atom. The van der Waals surface area contributed by atoms with E-state index in [9.17, 15) is 21.6 Å². The summed E-state index contributed by atoms with van der Waals surface area (Å²) in [6.45, 7) is 3.54. The van der Waals surface area contributed by atoms with Crippen molar-refractivity contribution < 1.29 is 25.8 Å². The number of alkyl halides is 3. The van der Waals surface area contributed by atoms with E-state index < -0.39 is 21.4 Å². The predicted octanol–water partition coefficient (Wildman–Crippen LogP) is 2.50. The zero-order chi connectivity index (χ0) is 17.1. The monoisotopic (exact) mass is 345 g/mol. The smallest absolute Gasteiger partial charge is 0.374 e. The highest BCUT2D eigenvalue weighted by Crippen LogP contribution is 2.31. The SMILES string of the molecule is C=CCc1cncc(-c2ncccc2OS(=O)(=O)C(F)(F)F)n1. The van der Waals surface area contributed by atoms with E-state index in [0.29, 0.717) is 12.1 Å². The van der Waals surface area contributed by atoms with Crippen LogP contribution in [-0.4, -0.2) is 28.9 Å². The molecule has 0 aliphatic carbocycles. The molecule has 0 aliphatic rings. The van der Waals surface area contributed by atoms with Crippen LogP contribution in [0.3, 0.4) is 0 Å². The molecular weight excluding hydrogens is 335 g/mol. The molecule has 2 aromatic rings. The molecule has 0 aromatic carbocycles. The molecular formula is C13H10F3N3O3S. The number of nitrogens with zero attached hydrogens (tertiary/aromatic N) is 3. The van der Waals surface area contributed by atoms with Gasteiger partial charge in [0.05, 0.1) is 11.9 Å². The molecule has 0 amide bonds. The summed E-state index contributed by atoms with van der Waals surface area (Å²) in [5.74, 6) is -0.588. The van der Waals surface area contributed by atoms with Crippen LogP contribution in [0, 0.1) is 0 Å². The molecule has 0 N–H and O–H groups in total. The molecule has 10 heteroatoms. The fourth-order valence-corrected chi connectivity index (χ4v) is 2.05. The van der Waals surface area contributed by atoms with Gasteiger partial charge in [0.25, 0.3) is 0 Å². The van der Waals surface area contributed by atoms with Gasteiger partial charge in [-0.15, -0.1) is 6.58 Å². The fraction of sp³-hybridized carbons (Fsp3) is 0.154. The van der Waals surface area contributed by atoms with Crippen LogP contribution >= 0.6 is 0 Å². The molecule has 0 saturated heterocycles. The summed E-state index contributed by atoms with van der Waals surface area (Å²) >= 11 is 0. The van der Waals surface area contributed by atoms with Gasteiger partial charge in [-0.1, -0.05) is 6.08 Å². The maximum atomic E-state index is 12.4. The molecule has 0 spiro atoms. The number of halogens is 3. The minimum absolute atomic E-state index is 0.0809. The van der Waals surface area contributed by atoms with Crippen molar-refractivity contribution in [2.45, 2.75) is 11.9 Å². The first-order chi connectivity index (χ1) is 10.7. The fourth-order valence-electron chi connectivity index (χ4n) is 1.58. The summed E-state index contributed by atoms with van der Waals surface area (Å²) < 4.78 is 63.8. The summed E-state index contributed by atoms with van der Waals surface area (Å²) in [6, 6.07) is 2.29. The van der Waals surface area contributed by atoms with Crippen molar-refractivity contribution in [2.75, 3.05) is 0 Å². The Balaban J connectivity index is 2.46. The molecule has 6 nitrogen and oxygen atoms in total. The molecule has 0 radical (unpaired) electrons. The highest BCUT2D eigenvalue weighted by atomic mass is 32.2. The Bertz CT molecular complexity index is 822. The molecule has 0 atom stereocenters. The first-order valence-electron chi connectivity index (χ1n) is 6.12. The quantitative estimate of drug-likeness (QED) is 0.470. The summed E-state index contributed by atoms with van der Waals surface area (Å²) in [4.78, 5) is 11.9. The van der Waals surface area contributed by atoms with Gasteiger partial charge in [0.2, 0.25) is 0 Å². The summed E-state index contributed by atoms with van der Waals surface area (Å²) in [7, 11) is -5.81. The minimum atomic E-state index is -5.81. The zero-order valence-electron chi connectivity index (χ0n) is 11.5. The van der Waals surface area contributed by atoms with Gasteiger partial charge in [0, 0.05) is 18.8 Å². The van der Waals surface area contributed by atoms with Crippen molar-refractivity contribution in [1.82, 2.24) is 15.0 Å². The summed E-state index contributed by atoms with van der Waals surface area (Å²) in [5, 5.41) is 0. The van der Waals surface area contributed by atoms with Crippen LogP contribution in [0.2, 0.25) is 0 Å². The average molecular weight is 345 g/mol. The topological polar surface area (TPSA) is 82.0 Å². The summed E-state index contributed by atoms with van der Waals surface area (Å²) in [6.07, 6.45) is 5.90. The normalized spacial score (nSPS) is 12.0. The zero-order valence-corrected chi connectivity index (χ0v) is 12.3. The van der Waals surface area contributed by atoms with Crippen molar-refractivity contribution in [1.29, 1.82) is 0 Å². The Labute approximate surface area is 129 Å². The van der Waals surface area contributed by atoms with Crippen molar-refractivity contribution in [2.24, 2.45) is 0 Å². The van der Waals surface area contributed by atoms with E-state index in [0.717, 1.165) is 6.07 Å². The van der Waals surface area contributed by atoms with Gasteiger partial charge in [-0.25, -0.2) is 4.98 Å². The van der Waals surface area contributed by atoms with Gasteiger partial charge < -0.3 is 4.18 Å². The van der Waals surface area contributed by atoms with Gasteiger partial charge >= 0.3 is 15.6 Å². The van der Waals surface area contributed by atoms with Crippen molar-refractivity contribution >= 4 is 10.1 Å². The van der Waals surface area contributed by atoms with E-state index in [4.69, 9.17) is 0 Å². The van der Waals surface area contributed by atoms with Gasteiger partial charge in [-0.05, 0) is 12.1 Å². The van der Waals surface area contributed by atoms with Crippen molar-refractivity contribution in [3.05, 3.63) is 49.1 Å². The molecule has 23 heavy (non-hydrogen) atoms. The Morgan fingerprint density at radius 3 is 2.70 bits per heavy atom. The molecule has 0 aliphatic heterocycles. The van der Waals surface area contributed by atoms with Crippen LogP contribution in [0.1, 0.15) is 5.69 Å². The first kappa shape index (κ1) is 16.9. The van der Waals surface area contributed by atoms with Crippen LogP contribution in [0.4, 0.5) is 13.2 Å². The van der Waals surface area contributed by atoms with Crippen LogP contribution in [0.25, 0.3) is 11.4 Å². The predicted molar refractivity (Wildman–Crippen MR) is 74.8 cm³/mol. The van der Waals surface area contributed by atoms with E-state index in [2.05, 4.69) is 25.7 Å². The third-order valence-corrected chi connectivity index (χ3v) is 3.50. The number of rotatable bonds is 5. The third-order valence-electron chi connectivity index (χ3n) is 2.53. The van der Waals surface area contributed by atoms with Crippen LogP contribution in [0.5, 0.6) is 5.75 Å². The van der Waals surface area contributed by atoms with E-state index >= 15 is 0 Å². The van der Waals surface area contributed by atoms with Gasteiger partial charge in [-0.2, -0.15) is 21.6 Å². The second kappa shape index (κ2) is 6.32. The Morgan fingerprint density at radius 2 is 2.04 bits per heavy atom. The van der Waals surface area contributed by atoms with E-state index in [1.54, 1.807) is 6.08 Å². The Kier molecular flexibility index (Phi) is 4.64. The second-order valence-electron chi connectivity index (χ2n) is 4.22. The highest BCUT2D eigenvalue weighted by molar-refractivity contribution is 7.88. The minimum Gasteiger partial charge on any atom is -0.374 e. The molecule has 0 unspecified atom stereocenters. The van der Waals surface area contributed by atoms with Gasteiger partial charge in [0.1, 0.15) is 11.4 Å². The highest BCUT2D eigenvalue weighted by Gasteiger charge is 2.48. The summed E-state index contributed by atoms with van der Waals surface area (Å²) in [5.41, 5.74) is -5.14. The van der Waals surface area contributed by atoms with Crippen LogP contribution < -0.4 is 4.18 Å². The number of aromatic nitrogens is 3. The van der Waals surface area contributed by atoms with Crippen LogP contribution in [-0.2, 0) is 16.5 Å². The average Bonchev–Trinajstić information content (AvgIpc) is 2.47. The van der Waals surface area contributed by atoms with Crippen molar-refractivity contribution in [3.8, 4) is 17.1 Å². The maximum Gasteiger partial charge on any atom is 0.534 e. The molecule has 2 heterocycles. The van der Waals surface area contributed by atoms with Gasteiger partial charge in [0.15, 0.2) is 5.75 Å². The second-order valence-corrected chi connectivity index (χ2v) is 5.76. The molecule has 122 valence electrons. The Hall–Kier alpha value is -2.49. The molecule has 2 rings (SSSR count). The van der Waals surface area contributed by atoms with Gasteiger partial charge in [-0.3, -0.25) is 9.97 Å². The molecule has 0 saturated carbocycles. The molecule has 2 aromatic heterocycles. The maximum absolute atomic E-state index is 12.4. The lowest BCUT2D eigenvalue weighted by molar-refractivity contribution is -0.0499. The lowest BCUT2D eigenvalue weighted by Gasteiger charge is -2.12. The standard InChI is InChI=1S/C13H10F3N3O3S/c1-2-4-9-7-17-8-10(19-9)12-11(5-3-6-18-12)22-23(20,21)13(14,15)16/h2-3,5-8H,1,4H2. The van der Waals surface area contributed by atoms with E-state index in [1.807, 2.05) is 0 Å². The number of hydrogen-bond donors (Lipinski definition) is 0. The van der Waals surface area contributed by atoms with E-state index in [-0.39, 0.29) is 11.4 Å². The first-order valence-corrected chi connectivity index (χ1v) is 7.53. The van der Waals surface area contributed by atoms with E-state index in [1.165, 1.54) is 24.7 Å².